The largest absolute Gasteiger partial charge is 0.426 e. The topological polar surface area (TPSA) is 118 Å². The maximum atomic E-state index is 14.1. The van der Waals surface area contributed by atoms with Crippen LogP contribution in [0.15, 0.2) is 34.7 Å². The van der Waals surface area contributed by atoms with Crippen molar-refractivity contribution in [2.24, 2.45) is 0 Å². The Labute approximate surface area is 238 Å². The minimum Gasteiger partial charge on any atom is -0.416 e. The van der Waals surface area contributed by atoms with Crippen molar-refractivity contribution in [1.29, 1.82) is 0 Å². The molecule has 2 aliphatic rings. The molecule has 3 N–H and O–H groups in total. The number of nitrogens with two attached hydrogens (primary N) is 1. The van der Waals surface area contributed by atoms with E-state index in [1.165, 1.54) is 0 Å². The van der Waals surface area contributed by atoms with E-state index < -0.39 is 76.5 Å². The van der Waals surface area contributed by atoms with Crippen molar-refractivity contribution < 1.29 is 49.4 Å². The second-order valence-electron chi connectivity index (χ2n) is 10.8. The molecule has 0 saturated heterocycles. The molecule has 3 heterocycles. The van der Waals surface area contributed by atoms with E-state index in [1.807, 2.05) is 0 Å². The van der Waals surface area contributed by atoms with Gasteiger partial charge in [-0.2, -0.15) is 26.3 Å². The molecule has 1 aliphatic heterocycles. The summed E-state index contributed by atoms with van der Waals surface area (Å²) in [5.74, 6) is -6.43. The van der Waals surface area contributed by atoms with Crippen LogP contribution in [0.3, 0.4) is 0 Å². The normalized spacial score (nSPS) is 21.8. The van der Waals surface area contributed by atoms with E-state index in [0.717, 1.165) is 4.90 Å². The average molecular weight is 620 g/mol. The number of benzene rings is 1. The molecular weight excluding hydrogens is 594 g/mol. The lowest BCUT2D eigenvalue weighted by molar-refractivity contribution is -0.277. The summed E-state index contributed by atoms with van der Waals surface area (Å²) in [5, 5.41) is 17.3. The summed E-state index contributed by atoms with van der Waals surface area (Å²) in [7, 11) is 0. The van der Waals surface area contributed by atoms with Crippen LogP contribution in [-0.4, -0.2) is 49.7 Å². The van der Waals surface area contributed by atoms with Gasteiger partial charge in [-0.3, -0.25) is 4.79 Å². The number of hydrogen-bond donors (Lipinski definition) is 2. The van der Waals surface area contributed by atoms with Gasteiger partial charge in [-0.1, -0.05) is 30.7 Å². The fourth-order valence-electron chi connectivity index (χ4n) is 5.26. The number of anilines is 1. The Morgan fingerprint density at radius 3 is 2.40 bits per heavy atom. The van der Waals surface area contributed by atoms with Crippen LogP contribution < -0.4 is 5.73 Å². The van der Waals surface area contributed by atoms with Crippen molar-refractivity contribution >= 4 is 11.6 Å². The van der Waals surface area contributed by atoms with Gasteiger partial charge in [0.1, 0.15) is 5.69 Å². The molecule has 5 rings (SSSR count). The zero-order valence-electron chi connectivity index (χ0n) is 22.3. The van der Waals surface area contributed by atoms with Gasteiger partial charge in [-0.05, 0) is 42.4 Å². The van der Waals surface area contributed by atoms with Crippen molar-refractivity contribution in [3.8, 4) is 11.6 Å². The van der Waals surface area contributed by atoms with Gasteiger partial charge in [0.15, 0.2) is 5.69 Å². The Kier molecular flexibility index (Phi) is 7.63. The Morgan fingerprint density at radius 1 is 1.02 bits per heavy atom. The highest BCUT2D eigenvalue weighted by molar-refractivity contribution is 5.95. The first-order valence-electron chi connectivity index (χ1n) is 13.3. The van der Waals surface area contributed by atoms with E-state index >= 15 is 0 Å². The third-order valence-corrected chi connectivity index (χ3v) is 7.65. The molecule has 8 nitrogen and oxygen atoms in total. The fraction of sp³-hybridized carbons (Fsp3) is 0.481. The van der Waals surface area contributed by atoms with Gasteiger partial charge in [0.05, 0.1) is 11.3 Å². The molecule has 1 aliphatic carbocycles. The highest BCUT2D eigenvalue weighted by atomic mass is 19.4. The molecular formula is C27H25F8N5O3. The highest BCUT2D eigenvalue weighted by Gasteiger charge is 2.58. The summed E-state index contributed by atoms with van der Waals surface area (Å²) >= 11 is 0. The molecule has 2 aromatic heterocycles. The van der Waals surface area contributed by atoms with Crippen LogP contribution >= 0.6 is 0 Å². The van der Waals surface area contributed by atoms with E-state index in [-0.39, 0.29) is 45.2 Å². The minimum absolute atomic E-state index is 0.0346. The van der Waals surface area contributed by atoms with Gasteiger partial charge in [0.2, 0.25) is 11.5 Å². The number of hydrogen-bond acceptors (Lipinski definition) is 7. The average Bonchev–Trinajstić information content (AvgIpc) is 3.39. The Balaban J connectivity index is 1.57. The molecule has 1 fully saturated rings. The summed E-state index contributed by atoms with van der Waals surface area (Å²) < 4.78 is 116. The second-order valence-corrected chi connectivity index (χ2v) is 10.8. The quantitative estimate of drug-likeness (QED) is 0.335. The maximum absolute atomic E-state index is 14.1. The molecule has 1 saturated carbocycles. The lowest BCUT2D eigenvalue weighted by Gasteiger charge is -2.35. The number of pyridine rings is 1. The third kappa shape index (κ3) is 6.01. The lowest BCUT2D eigenvalue weighted by Crippen LogP contribution is -2.42. The fourth-order valence-corrected chi connectivity index (χ4v) is 5.26. The SMILES string of the molecule is Nc1cc(C(F)(F)F)c2nc1-c1nnc(o1)[C@@](O)(C(F)(F)F)CCCCCN(Cc1cccc(C3CC(F)(F)C3)c1)C2=O. The number of fused-ring (bicyclic) bond motifs is 5. The number of nitrogen functional groups attached to an aromatic ring is 1. The van der Waals surface area contributed by atoms with Crippen molar-refractivity contribution in [3.05, 3.63) is 58.6 Å². The number of alkyl halides is 8. The van der Waals surface area contributed by atoms with Crippen molar-refractivity contribution in [2.75, 3.05) is 12.3 Å². The smallest absolute Gasteiger partial charge is 0.416 e. The van der Waals surface area contributed by atoms with E-state index in [2.05, 4.69) is 15.2 Å². The molecule has 1 amide bonds. The first-order valence-corrected chi connectivity index (χ1v) is 13.3. The van der Waals surface area contributed by atoms with Crippen LogP contribution in [-0.2, 0) is 18.3 Å². The third-order valence-electron chi connectivity index (χ3n) is 7.65. The summed E-state index contributed by atoms with van der Waals surface area (Å²) in [6, 6.07) is 6.80. The maximum Gasteiger partial charge on any atom is 0.426 e. The molecule has 43 heavy (non-hydrogen) atoms. The number of amides is 1. The van der Waals surface area contributed by atoms with Crippen LogP contribution in [0.25, 0.3) is 11.6 Å². The van der Waals surface area contributed by atoms with E-state index in [9.17, 15) is 45.0 Å². The number of carbonyl (C=O) groups excluding carboxylic acids is 1. The molecule has 4 bridgehead atoms. The van der Waals surface area contributed by atoms with Crippen molar-refractivity contribution in [2.45, 2.75) is 74.9 Å². The zero-order valence-corrected chi connectivity index (χ0v) is 22.3. The first kappa shape index (κ1) is 30.6. The van der Waals surface area contributed by atoms with Gasteiger partial charge < -0.3 is 20.2 Å². The number of carbonyl (C=O) groups is 1. The van der Waals surface area contributed by atoms with Gasteiger partial charge >= 0.3 is 12.4 Å². The van der Waals surface area contributed by atoms with Crippen molar-refractivity contribution in [1.82, 2.24) is 20.1 Å². The number of nitrogens with zero attached hydrogens (tertiary/aromatic N) is 4. The number of rotatable bonds is 3. The molecule has 1 atom stereocenters. The van der Waals surface area contributed by atoms with Crippen LogP contribution in [0, 0.1) is 0 Å². The lowest BCUT2D eigenvalue weighted by atomic mass is 9.76. The monoisotopic (exact) mass is 619 g/mol. The molecule has 0 spiro atoms. The van der Waals surface area contributed by atoms with Gasteiger partial charge in [-0.15, -0.1) is 10.2 Å². The summed E-state index contributed by atoms with van der Waals surface area (Å²) in [6.07, 6.45) is -12.1. The molecule has 232 valence electrons. The summed E-state index contributed by atoms with van der Waals surface area (Å²) in [6.45, 7) is -0.433. The van der Waals surface area contributed by atoms with E-state index in [0.29, 0.717) is 17.2 Å². The number of aliphatic hydroxyl groups is 1. The van der Waals surface area contributed by atoms with Gasteiger partial charge in [0.25, 0.3) is 17.7 Å². The Morgan fingerprint density at radius 2 is 1.74 bits per heavy atom. The Bertz CT molecular complexity index is 1510. The number of halogens is 8. The van der Waals surface area contributed by atoms with Crippen molar-refractivity contribution in [3.63, 3.8) is 0 Å². The molecule has 1 aromatic carbocycles. The van der Waals surface area contributed by atoms with Gasteiger partial charge in [0, 0.05) is 25.9 Å². The van der Waals surface area contributed by atoms with Crippen LogP contribution in [0.1, 0.15) is 77.5 Å². The number of aromatic nitrogens is 3. The molecule has 0 radical (unpaired) electrons. The molecule has 0 unspecified atom stereocenters. The van der Waals surface area contributed by atoms with Crippen LogP contribution in [0.5, 0.6) is 0 Å². The van der Waals surface area contributed by atoms with Gasteiger partial charge in [-0.25, -0.2) is 13.8 Å². The second kappa shape index (κ2) is 10.7. The standard InChI is InChI=1S/C27H25F8N5O3/c28-24(29)11-16(12-24)15-6-4-5-14(9-15)13-40-8-3-1-2-7-25(42,27(33,34)35)23-39-38-21(43-23)20-18(36)10-17(26(30,31)32)19(37-20)22(40)41/h4-6,9-10,16,42H,1-3,7-8,11-13,36H2/t25-/m1/s1. The summed E-state index contributed by atoms with van der Waals surface area (Å²) in [5.41, 5.74) is -0.755. The first-order chi connectivity index (χ1) is 20.0. The summed E-state index contributed by atoms with van der Waals surface area (Å²) in [4.78, 5) is 18.5. The molecule has 3 aromatic rings. The van der Waals surface area contributed by atoms with E-state index in [1.54, 1.807) is 24.3 Å². The Hall–Kier alpha value is -3.82. The highest BCUT2D eigenvalue weighted by Crippen LogP contribution is 2.48. The zero-order chi connectivity index (χ0) is 31.4. The minimum atomic E-state index is -5.24. The van der Waals surface area contributed by atoms with E-state index in [4.69, 9.17) is 10.2 Å². The molecule has 16 heteroatoms. The van der Waals surface area contributed by atoms with Crippen LogP contribution in [0.4, 0.5) is 40.8 Å². The van der Waals surface area contributed by atoms with Crippen LogP contribution in [0.2, 0.25) is 0 Å². The predicted octanol–water partition coefficient (Wildman–Crippen LogP) is 6.21. The predicted molar refractivity (Wildman–Crippen MR) is 133 cm³/mol.